The van der Waals surface area contributed by atoms with Gasteiger partial charge in [0.2, 0.25) is 0 Å². The number of piperidine rings is 1. The van der Waals surface area contributed by atoms with Crippen LogP contribution in [-0.4, -0.2) is 48.1 Å². The van der Waals surface area contributed by atoms with Gasteiger partial charge in [-0.25, -0.2) is 9.78 Å². The highest BCUT2D eigenvalue weighted by Gasteiger charge is 2.28. The molecule has 0 spiro atoms. The van der Waals surface area contributed by atoms with Crippen molar-refractivity contribution in [2.24, 2.45) is 5.92 Å². The molecule has 1 saturated heterocycles. The van der Waals surface area contributed by atoms with Gasteiger partial charge in [0.05, 0.1) is 6.61 Å². The zero-order chi connectivity index (χ0) is 19.9. The van der Waals surface area contributed by atoms with E-state index >= 15 is 0 Å². The molecule has 7 heteroatoms. The second-order valence-electron chi connectivity index (χ2n) is 7.07. The molecule has 0 N–H and O–H groups in total. The second kappa shape index (κ2) is 9.80. The van der Waals surface area contributed by atoms with Crippen molar-refractivity contribution in [3.05, 3.63) is 52.0 Å². The smallest absolute Gasteiger partial charge is 0.358 e. The van der Waals surface area contributed by atoms with Crippen LogP contribution >= 0.6 is 11.3 Å². The number of hydrogen-bond donors (Lipinski definition) is 0. The first-order valence-corrected chi connectivity index (χ1v) is 10.4. The van der Waals surface area contributed by atoms with Gasteiger partial charge in [0.25, 0.3) is 5.91 Å². The first-order chi connectivity index (χ1) is 13.6. The minimum absolute atomic E-state index is 0.140. The van der Waals surface area contributed by atoms with Crippen LogP contribution in [0.15, 0.2) is 35.7 Å². The van der Waals surface area contributed by atoms with Crippen LogP contribution in [-0.2, 0) is 27.3 Å². The van der Waals surface area contributed by atoms with E-state index in [0.29, 0.717) is 30.6 Å². The zero-order valence-electron chi connectivity index (χ0n) is 16.3. The van der Waals surface area contributed by atoms with Crippen molar-refractivity contribution in [3.63, 3.8) is 0 Å². The fourth-order valence-corrected chi connectivity index (χ4v) is 4.16. The molecule has 1 aliphatic heterocycles. The van der Waals surface area contributed by atoms with Gasteiger partial charge in [0.15, 0.2) is 11.8 Å². The quantitative estimate of drug-likeness (QED) is 0.665. The zero-order valence-corrected chi connectivity index (χ0v) is 17.1. The molecule has 6 nitrogen and oxygen atoms in total. The maximum Gasteiger partial charge on any atom is 0.358 e. The van der Waals surface area contributed by atoms with Gasteiger partial charge in [0, 0.05) is 25.6 Å². The number of esters is 1. The van der Waals surface area contributed by atoms with Gasteiger partial charge in [-0.05, 0) is 37.7 Å². The molecule has 28 heavy (non-hydrogen) atoms. The predicted octanol–water partition coefficient (Wildman–Crippen LogP) is 3.32. The minimum Gasteiger partial charge on any atom is -0.448 e. The Morgan fingerprint density at radius 3 is 2.64 bits per heavy atom. The molecule has 1 aromatic heterocycles. The summed E-state index contributed by atoms with van der Waals surface area (Å²) in [5, 5.41) is 2.33. The Kier molecular flexibility index (Phi) is 7.17. The first-order valence-electron chi connectivity index (χ1n) is 9.54. The van der Waals surface area contributed by atoms with Crippen molar-refractivity contribution in [3.8, 4) is 0 Å². The average Bonchev–Trinajstić information content (AvgIpc) is 3.18. The van der Waals surface area contributed by atoms with Gasteiger partial charge in [0.1, 0.15) is 5.01 Å². The lowest BCUT2D eigenvalue weighted by molar-refractivity contribution is -0.141. The van der Waals surface area contributed by atoms with E-state index in [9.17, 15) is 9.59 Å². The number of amides is 1. The van der Waals surface area contributed by atoms with E-state index in [4.69, 9.17) is 9.47 Å². The normalized spacial score (nSPS) is 16.0. The molecule has 1 aromatic carbocycles. The van der Waals surface area contributed by atoms with Crippen LogP contribution in [0.4, 0.5) is 0 Å². The van der Waals surface area contributed by atoms with Gasteiger partial charge in [-0.2, -0.15) is 0 Å². The lowest BCUT2D eigenvalue weighted by atomic mass is 9.90. The van der Waals surface area contributed by atoms with Gasteiger partial charge in [-0.1, -0.05) is 30.3 Å². The van der Waals surface area contributed by atoms with E-state index < -0.39 is 12.1 Å². The summed E-state index contributed by atoms with van der Waals surface area (Å²) in [6.45, 7) is 3.38. The Hall–Kier alpha value is -2.25. The highest BCUT2D eigenvalue weighted by atomic mass is 32.1. The average molecular weight is 403 g/mol. The van der Waals surface area contributed by atoms with Gasteiger partial charge in [-0.15, -0.1) is 11.3 Å². The maximum absolute atomic E-state index is 12.6. The van der Waals surface area contributed by atoms with Crippen LogP contribution < -0.4 is 0 Å². The third-order valence-corrected chi connectivity index (χ3v) is 5.78. The standard InChI is InChI=1S/C21H26N2O4S/c1-15(27-21(25)18-14-28-19(22-18)13-26-2)20(24)23-10-8-17(9-11-23)12-16-6-4-3-5-7-16/h3-7,14-15,17H,8-13H2,1-2H3. The van der Waals surface area contributed by atoms with E-state index in [1.807, 2.05) is 6.07 Å². The summed E-state index contributed by atoms with van der Waals surface area (Å²) in [5.74, 6) is -0.129. The molecule has 0 radical (unpaired) electrons. The molecule has 3 rings (SSSR count). The Labute approximate surface area is 169 Å². The monoisotopic (exact) mass is 402 g/mol. The third kappa shape index (κ3) is 5.39. The highest BCUT2D eigenvalue weighted by Crippen LogP contribution is 2.22. The Bertz CT molecular complexity index is 785. The molecule has 0 aliphatic carbocycles. The van der Waals surface area contributed by atoms with Crippen LogP contribution in [0.5, 0.6) is 0 Å². The fraction of sp³-hybridized carbons (Fsp3) is 0.476. The van der Waals surface area contributed by atoms with Crippen molar-refractivity contribution in [2.45, 2.75) is 38.9 Å². The molecule has 0 bridgehead atoms. The van der Waals surface area contributed by atoms with Crippen LogP contribution in [0.25, 0.3) is 0 Å². The SMILES string of the molecule is COCc1nc(C(=O)OC(C)C(=O)N2CCC(Cc3ccccc3)CC2)cs1. The highest BCUT2D eigenvalue weighted by molar-refractivity contribution is 7.09. The minimum atomic E-state index is -0.814. The number of carbonyl (C=O) groups is 2. The number of ether oxygens (including phenoxy) is 2. The van der Waals surface area contributed by atoms with Gasteiger partial charge >= 0.3 is 5.97 Å². The lowest BCUT2D eigenvalue weighted by Gasteiger charge is -2.33. The lowest BCUT2D eigenvalue weighted by Crippen LogP contribution is -2.44. The number of benzene rings is 1. The number of carbonyl (C=O) groups excluding carboxylic acids is 2. The molecule has 1 fully saturated rings. The third-order valence-electron chi connectivity index (χ3n) is 4.95. The summed E-state index contributed by atoms with van der Waals surface area (Å²) in [5.41, 5.74) is 1.56. The molecule has 2 heterocycles. The van der Waals surface area contributed by atoms with E-state index in [-0.39, 0.29) is 11.6 Å². The van der Waals surface area contributed by atoms with E-state index in [1.54, 1.807) is 24.3 Å². The van der Waals surface area contributed by atoms with Crippen LogP contribution in [0.2, 0.25) is 0 Å². The molecule has 0 saturated carbocycles. The number of nitrogens with zero attached hydrogens (tertiary/aromatic N) is 2. The van der Waals surface area contributed by atoms with Crippen LogP contribution in [0, 0.1) is 5.92 Å². The van der Waals surface area contributed by atoms with E-state index in [2.05, 4.69) is 29.2 Å². The van der Waals surface area contributed by atoms with Crippen molar-refractivity contribution < 1.29 is 19.1 Å². The molecular formula is C21H26N2O4S. The summed E-state index contributed by atoms with van der Waals surface area (Å²) in [4.78, 5) is 30.8. The van der Waals surface area contributed by atoms with Crippen molar-refractivity contribution >= 4 is 23.2 Å². The number of methoxy groups -OCH3 is 1. The first kappa shape index (κ1) is 20.5. The van der Waals surface area contributed by atoms with Gasteiger partial charge < -0.3 is 14.4 Å². The second-order valence-corrected chi connectivity index (χ2v) is 8.01. The molecule has 1 unspecified atom stereocenters. The Morgan fingerprint density at radius 2 is 1.96 bits per heavy atom. The predicted molar refractivity (Wildman–Crippen MR) is 107 cm³/mol. The molecule has 2 aromatic rings. The fourth-order valence-electron chi connectivity index (χ4n) is 3.43. The Morgan fingerprint density at radius 1 is 1.25 bits per heavy atom. The van der Waals surface area contributed by atoms with Crippen LogP contribution in [0.3, 0.4) is 0 Å². The number of likely N-dealkylation sites (tertiary alicyclic amines) is 1. The number of aromatic nitrogens is 1. The van der Waals surface area contributed by atoms with Crippen LogP contribution in [0.1, 0.15) is 40.8 Å². The summed E-state index contributed by atoms with van der Waals surface area (Å²) >= 11 is 1.33. The molecule has 1 amide bonds. The summed E-state index contributed by atoms with van der Waals surface area (Å²) in [6.07, 6.45) is 2.16. The topological polar surface area (TPSA) is 68.7 Å². The summed E-state index contributed by atoms with van der Waals surface area (Å²) in [6, 6.07) is 10.4. The number of rotatable bonds is 7. The summed E-state index contributed by atoms with van der Waals surface area (Å²) in [7, 11) is 1.57. The van der Waals surface area contributed by atoms with Crippen molar-refractivity contribution in [1.82, 2.24) is 9.88 Å². The largest absolute Gasteiger partial charge is 0.448 e. The Balaban J connectivity index is 1.46. The number of thiazole rings is 1. The molecule has 1 atom stereocenters. The number of hydrogen-bond acceptors (Lipinski definition) is 6. The molecule has 1 aliphatic rings. The molecule has 150 valence electrons. The molecular weight excluding hydrogens is 376 g/mol. The van der Waals surface area contributed by atoms with Crippen molar-refractivity contribution in [2.75, 3.05) is 20.2 Å². The van der Waals surface area contributed by atoms with E-state index in [1.165, 1.54) is 16.9 Å². The van der Waals surface area contributed by atoms with Gasteiger partial charge in [-0.3, -0.25) is 4.79 Å². The summed E-state index contributed by atoms with van der Waals surface area (Å²) < 4.78 is 10.3. The maximum atomic E-state index is 12.6. The van der Waals surface area contributed by atoms with E-state index in [0.717, 1.165) is 19.3 Å². The van der Waals surface area contributed by atoms with Crippen molar-refractivity contribution in [1.29, 1.82) is 0 Å².